The Hall–Kier alpha value is -4.15. The predicted molar refractivity (Wildman–Crippen MR) is 178 cm³/mol. The van der Waals surface area contributed by atoms with Crippen LogP contribution in [0, 0.1) is 24.5 Å². The van der Waals surface area contributed by atoms with Crippen molar-refractivity contribution in [1.29, 1.82) is 0 Å². The summed E-state index contributed by atoms with van der Waals surface area (Å²) in [5.74, 6) is -2.78. The lowest BCUT2D eigenvalue weighted by molar-refractivity contribution is -0.144. The Morgan fingerprint density at radius 2 is 1.51 bits per heavy atom. The molecular formula is C37H47F2N3O5. The number of aryl methyl sites for hydroxylation is 1. The number of nitrogens with zero attached hydrogens (tertiary/aromatic N) is 1. The van der Waals surface area contributed by atoms with Crippen LogP contribution in [0.25, 0.3) is 0 Å². The maximum atomic E-state index is 14.0. The molecule has 0 fully saturated rings. The average Bonchev–Trinajstić information content (AvgIpc) is 3.02. The number of esters is 1. The van der Waals surface area contributed by atoms with Crippen LogP contribution < -0.4 is 10.6 Å². The van der Waals surface area contributed by atoms with E-state index in [-0.39, 0.29) is 41.9 Å². The molecule has 3 N–H and O–H groups in total. The summed E-state index contributed by atoms with van der Waals surface area (Å²) in [6.07, 6.45) is 0.951. The Balaban J connectivity index is 1.77. The highest BCUT2D eigenvalue weighted by Crippen LogP contribution is 2.17. The highest BCUT2D eigenvalue weighted by atomic mass is 19.1. The van der Waals surface area contributed by atoms with Crippen molar-refractivity contribution in [3.63, 3.8) is 0 Å². The summed E-state index contributed by atoms with van der Waals surface area (Å²) in [7, 11) is 1.36. The monoisotopic (exact) mass is 651 g/mol. The molecule has 0 spiro atoms. The number of nitrogens with one attached hydrogen (secondary N) is 2. The lowest BCUT2D eigenvalue weighted by Crippen LogP contribution is -2.48. The van der Waals surface area contributed by atoms with Gasteiger partial charge in [0.05, 0.1) is 25.2 Å². The molecule has 0 radical (unpaired) electrons. The number of rotatable bonds is 17. The summed E-state index contributed by atoms with van der Waals surface area (Å²) in [5.41, 5.74) is 3.53. The van der Waals surface area contributed by atoms with Crippen LogP contribution in [-0.2, 0) is 28.9 Å². The van der Waals surface area contributed by atoms with E-state index in [9.17, 15) is 28.3 Å². The Bertz CT molecular complexity index is 1490. The van der Waals surface area contributed by atoms with Gasteiger partial charge in [0.15, 0.2) is 0 Å². The summed E-state index contributed by atoms with van der Waals surface area (Å²) >= 11 is 0. The fourth-order valence-corrected chi connectivity index (χ4v) is 5.60. The lowest BCUT2D eigenvalue weighted by Gasteiger charge is -2.25. The summed E-state index contributed by atoms with van der Waals surface area (Å²) in [4.78, 5) is 40.5. The molecule has 8 nitrogen and oxygen atoms in total. The highest BCUT2D eigenvalue weighted by molar-refractivity contribution is 6.00. The molecule has 0 saturated heterocycles. The Kier molecular flexibility index (Phi) is 14.5. The van der Waals surface area contributed by atoms with E-state index in [2.05, 4.69) is 10.6 Å². The second-order valence-corrected chi connectivity index (χ2v) is 12.1. The lowest BCUT2D eigenvalue weighted by atomic mass is 9.98. The largest absolute Gasteiger partial charge is 0.469 e. The fourth-order valence-electron chi connectivity index (χ4n) is 5.60. The van der Waals surface area contributed by atoms with E-state index in [1.165, 1.54) is 19.2 Å². The topological polar surface area (TPSA) is 108 Å². The minimum absolute atomic E-state index is 0.0391. The first kappa shape index (κ1) is 37.3. The number of aliphatic hydroxyl groups excluding tert-OH is 1. The van der Waals surface area contributed by atoms with Crippen LogP contribution in [0.1, 0.15) is 76.6 Å². The molecule has 0 aliphatic rings. The van der Waals surface area contributed by atoms with Gasteiger partial charge < -0.3 is 25.4 Å². The number of carbonyl (C=O) groups excluding carboxylic acids is 3. The number of hydrogen-bond donors (Lipinski definition) is 3. The van der Waals surface area contributed by atoms with Gasteiger partial charge in [-0.05, 0) is 85.2 Å². The number of ether oxygens (including phenoxy) is 1. The minimum Gasteiger partial charge on any atom is -0.469 e. The van der Waals surface area contributed by atoms with E-state index in [1.54, 1.807) is 36.9 Å². The molecule has 0 heterocycles. The maximum absolute atomic E-state index is 14.0. The molecule has 3 atom stereocenters. The number of amides is 2. The van der Waals surface area contributed by atoms with Crippen molar-refractivity contribution in [3.8, 4) is 0 Å². The number of methoxy groups -OCH3 is 1. The van der Waals surface area contributed by atoms with E-state index in [1.807, 2.05) is 38.1 Å². The summed E-state index contributed by atoms with van der Waals surface area (Å²) < 4.78 is 32.9. The number of carbonyl (C=O) groups is 3. The average molecular weight is 652 g/mol. The minimum atomic E-state index is -1.14. The zero-order valence-electron chi connectivity index (χ0n) is 27.9. The Morgan fingerprint density at radius 1 is 0.872 bits per heavy atom. The second-order valence-electron chi connectivity index (χ2n) is 12.1. The molecule has 3 aromatic rings. The van der Waals surface area contributed by atoms with Gasteiger partial charge >= 0.3 is 5.97 Å². The van der Waals surface area contributed by atoms with Crippen molar-refractivity contribution in [2.24, 2.45) is 5.92 Å². The second kappa shape index (κ2) is 18.3. The zero-order valence-corrected chi connectivity index (χ0v) is 27.9. The van der Waals surface area contributed by atoms with Gasteiger partial charge in [-0.3, -0.25) is 14.4 Å². The Labute approximate surface area is 276 Å². The van der Waals surface area contributed by atoms with Gasteiger partial charge in [-0.25, -0.2) is 8.78 Å². The molecule has 0 aliphatic heterocycles. The molecule has 0 aromatic heterocycles. The predicted octanol–water partition coefficient (Wildman–Crippen LogP) is 5.38. The third kappa shape index (κ3) is 11.6. The van der Waals surface area contributed by atoms with E-state index < -0.39 is 29.7 Å². The van der Waals surface area contributed by atoms with Gasteiger partial charge in [0.1, 0.15) is 11.6 Å². The van der Waals surface area contributed by atoms with Crippen molar-refractivity contribution >= 4 is 17.8 Å². The van der Waals surface area contributed by atoms with Crippen molar-refractivity contribution < 1.29 is 33.0 Å². The number of benzene rings is 3. The quantitative estimate of drug-likeness (QED) is 0.169. The molecular weight excluding hydrogens is 604 g/mol. The molecule has 3 aromatic carbocycles. The van der Waals surface area contributed by atoms with Gasteiger partial charge in [-0.15, -0.1) is 0 Å². The summed E-state index contributed by atoms with van der Waals surface area (Å²) in [5, 5.41) is 17.3. The first-order valence-electron chi connectivity index (χ1n) is 16.1. The third-order valence-electron chi connectivity index (χ3n) is 7.84. The maximum Gasteiger partial charge on any atom is 0.308 e. The van der Waals surface area contributed by atoms with Crippen molar-refractivity contribution in [2.75, 3.05) is 26.7 Å². The van der Waals surface area contributed by atoms with Crippen LogP contribution in [0.15, 0.2) is 60.7 Å². The van der Waals surface area contributed by atoms with Crippen LogP contribution in [0.4, 0.5) is 8.78 Å². The van der Waals surface area contributed by atoms with Crippen LogP contribution in [0.5, 0.6) is 0 Å². The molecule has 10 heteroatoms. The SMILES string of the molecule is CCCN(CCC)C(=O)c1cc(C)cc(C(=O)NC(Cc2cc(F)cc(F)c2)C(O)CNCc2cccc(CC(C)C(=O)OC)c2)c1. The van der Waals surface area contributed by atoms with E-state index in [0.29, 0.717) is 31.6 Å². The summed E-state index contributed by atoms with van der Waals surface area (Å²) in [6.45, 7) is 9.26. The summed E-state index contributed by atoms with van der Waals surface area (Å²) in [6, 6.07) is 14.8. The van der Waals surface area contributed by atoms with Crippen LogP contribution >= 0.6 is 0 Å². The molecule has 254 valence electrons. The van der Waals surface area contributed by atoms with Crippen molar-refractivity contribution in [2.45, 2.75) is 72.1 Å². The highest BCUT2D eigenvalue weighted by Gasteiger charge is 2.24. The molecule has 47 heavy (non-hydrogen) atoms. The van der Waals surface area contributed by atoms with Gasteiger partial charge in [0.25, 0.3) is 11.8 Å². The smallest absolute Gasteiger partial charge is 0.308 e. The molecule has 0 bridgehead atoms. The Morgan fingerprint density at radius 3 is 2.15 bits per heavy atom. The molecule has 2 amide bonds. The normalized spacial score (nSPS) is 13.0. The third-order valence-corrected chi connectivity index (χ3v) is 7.84. The van der Waals surface area contributed by atoms with Gasteiger partial charge in [0.2, 0.25) is 0 Å². The van der Waals surface area contributed by atoms with Gasteiger partial charge in [-0.1, -0.05) is 45.0 Å². The van der Waals surface area contributed by atoms with Gasteiger partial charge in [-0.2, -0.15) is 0 Å². The van der Waals surface area contributed by atoms with E-state index in [4.69, 9.17) is 4.74 Å². The van der Waals surface area contributed by atoms with Crippen LogP contribution in [0.3, 0.4) is 0 Å². The molecule has 0 saturated carbocycles. The standard InChI is InChI=1S/C37H47F2N3O5/c1-6-11-42(12-7-2)36(45)30-14-24(3)13-29(20-30)35(44)41-33(19-28-17-31(38)21-32(39)18-28)34(43)23-40-22-27-10-8-9-26(16-27)15-25(4)37(46)47-5/h8-10,13-14,16-18,20-21,25,33-34,40,43H,6-7,11-12,15,19,22-23H2,1-5H3,(H,41,44). The first-order valence-corrected chi connectivity index (χ1v) is 16.1. The van der Waals surface area contributed by atoms with Crippen LogP contribution in [-0.4, -0.2) is 66.7 Å². The zero-order chi connectivity index (χ0) is 34.5. The molecule has 3 unspecified atom stereocenters. The molecule has 3 rings (SSSR count). The molecule has 0 aliphatic carbocycles. The van der Waals surface area contributed by atoms with E-state index >= 15 is 0 Å². The van der Waals surface area contributed by atoms with Crippen molar-refractivity contribution in [1.82, 2.24) is 15.5 Å². The number of halogens is 2. The number of aliphatic hydroxyl groups is 1. The van der Waals surface area contributed by atoms with Crippen LogP contribution in [0.2, 0.25) is 0 Å². The van der Waals surface area contributed by atoms with Crippen molar-refractivity contribution in [3.05, 3.63) is 106 Å². The number of hydrogen-bond acceptors (Lipinski definition) is 6. The first-order chi connectivity index (χ1) is 22.4. The van der Waals surface area contributed by atoms with Gasteiger partial charge in [0, 0.05) is 43.4 Å². The fraction of sp³-hybridized carbons (Fsp3) is 0.432. The van der Waals surface area contributed by atoms with E-state index in [0.717, 1.165) is 35.6 Å².